The summed E-state index contributed by atoms with van der Waals surface area (Å²) in [7, 11) is -1.17. The number of alkyl halides is 3. The van der Waals surface area contributed by atoms with Crippen LogP contribution in [-0.2, 0) is 29.1 Å². The van der Waals surface area contributed by atoms with Crippen molar-refractivity contribution in [2.45, 2.75) is 18.3 Å². The summed E-state index contributed by atoms with van der Waals surface area (Å²) < 4.78 is 49.8. The summed E-state index contributed by atoms with van der Waals surface area (Å²) in [6.45, 7) is 0. The van der Waals surface area contributed by atoms with Gasteiger partial charge in [-0.05, 0) is 23.6 Å². The van der Waals surface area contributed by atoms with E-state index in [0.717, 1.165) is 17.7 Å². The zero-order valence-corrected chi connectivity index (χ0v) is 12.1. The van der Waals surface area contributed by atoms with Crippen LogP contribution in [0.25, 0.3) is 0 Å². The topological polar surface area (TPSA) is 17.1 Å². The Morgan fingerprint density at radius 2 is 1.57 bits per heavy atom. The summed E-state index contributed by atoms with van der Waals surface area (Å²) in [5, 5.41) is 0. The second kappa shape index (κ2) is 6.89. The zero-order chi connectivity index (χ0) is 15.3. The van der Waals surface area contributed by atoms with E-state index in [9.17, 15) is 17.4 Å². The van der Waals surface area contributed by atoms with Crippen molar-refractivity contribution in [2.24, 2.45) is 0 Å². The van der Waals surface area contributed by atoms with Crippen molar-refractivity contribution in [1.29, 1.82) is 0 Å². The third-order valence-corrected chi connectivity index (χ3v) is 4.36. The second-order valence-corrected chi connectivity index (χ2v) is 6.30. The third kappa shape index (κ3) is 5.01. The van der Waals surface area contributed by atoms with E-state index in [1.807, 2.05) is 30.3 Å². The number of halogens is 3. The van der Waals surface area contributed by atoms with Crippen LogP contribution in [0.3, 0.4) is 0 Å². The highest BCUT2D eigenvalue weighted by Crippen LogP contribution is 2.29. The molecule has 2 rings (SSSR count). The molecule has 0 fully saturated rings. The Morgan fingerprint density at radius 3 is 2.24 bits per heavy atom. The summed E-state index contributed by atoms with van der Waals surface area (Å²) in [6.07, 6.45) is -3.70. The van der Waals surface area contributed by atoms with Crippen molar-refractivity contribution in [1.82, 2.24) is 0 Å². The minimum atomic E-state index is -4.36. The highest BCUT2D eigenvalue weighted by atomic mass is 32.2. The number of aryl methyl sites for hydroxylation is 1. The first-order chi connectivity index (χ1) is 9.95. The Labute approximate surface area is 124 Å². The number of hydrogen-bond acceptors (Lipinski definition) is 1. The molecule has 0 radical (unpaired) electrons. The average Bonchev–Trinajstić information content (AvgIpc) is 2.46. The second-order valence-electron chi connectivity index (χ2n) is 4.72. The molecule has 0 amide bonds. The van der Waals surface area contributed by atoms with Gasteiger partial charge < -0.3 is 0 Å². The molecule has 0 saturated carbocycles. The predicted octanol–water partition coefficient (Wildman–Crippen LogP) is 4.20. The van der Waals surface area contributed by atoms with Gasteiger partial charge in [0.25, 0.3) is 0 Å². The first-order valence-corrected chi connectivity index (χ1v) is 7.99. The highest BCUT2D eigenvalue weighted by molar-refractivity contribution is 7.84. The fraction of sp³-hybridized carbons (Fsp3) is 0.250. The number of rotatable bonds is 5. The summed E-state index contributed by atoms with van der Waals surface area (Å²) >= 11 is 0. The Morgan fingerprint density at radius 1 is 0.905 bits per heavy atom. The molecule has 0 N–H and O–H groups in total. The van der Waals surface area contributed by atoms with E-state index in [0.29, 0.717) is 17.7 Å². The van der Waals surface area contributed by atoms with Gasteiger partial charge in [0.1, 0.15) is 0 Å². The standard InChI is InChI=1S/C16H15F3OS/c17-16(18,19)15-8-4-7-14(11-15)12-21(20)10-9-13-5-2-1-3-6-13/h1-8,11H,9-10,12H2. The van der Waals surface area contributed by atoms with Crippen molar-refractivity contribution in [3.05, 3.63) is 71.3 Å². The predicted molar refractivity (Wildman–Crippen MR) is 78.3 cm³/mol. The van der Waals surface area contributed by atoms with Gasteiger partial charge in [-0.3, -0.25) is 4.21 Å². The average molecular weight is 312 g/mol. The maximum Gasteiger partial charge on any atom is 0.416 e. The van der Waals surface area contributed by atoms with Gasteiger partial charge in [0.2, 0.25) is 0 Å². The van der Waals surface area contributed by atoms with Crippen molar-refractivity contribution in [3.63, 3.8) is 0 Å². The molecule has 0 heterocycles. The molecular formula is C16H15F3OS. The lowest BCUT2D eigenvalue weighted by Gasteiger charge is -2.08. The van der Waals surface area contributed by atoms with Gasteiger partial charge in [0.05, 0.1) is 5.56 Å². The molecule has 0 aliphatic heterocycles. The van der Waals surface area contributed by atoms with Crippen LogP contribution in [0, 0.1) is 0 Å². The number of hydrogen-bond donors (Lipinski definition) is 0. The molecule has 0 aliphatic rings. The van der Waals surface area contributed by atoms with Crippen LogP contribution in [-0.4, -0.2) is 9.96 Å². The first-order valence-electron chi connectivity index (χ1n) is 6.50. The Balaban J connectivity index is 1.94. The minimum Gasteiger partial charge on any atom is -0.259 e. The highest BCUT2D eigenvalue weighted by Gasteiger charge is 2.30. The van der Waals surface area contributed by atoms with Crippen LogP contribution >= 0.6 is 0 Å². The Kier molecular flexibility index (Phi) is 5.17. The molecule has 1 unspecified atom stereocenters. The lowest BCUT2D eigenvalue weighted by molar-refractivity contribution is -0.137. The van der Waals surface area contributed by atoms with E-state index in [4.69, 9.17) is 0 Å². The van der Waals surface area contributed by atoms with Crippen LogP contribution in [0.4, 0.5) is 13.2 Å². The first kappa shape index (κ1) is 15.8. The van der Waals surface area contributed by atoms with Gasteiger partial charge in [-0.15, -0.1) is 0 Å². The number of benzene rings is 2. The van der Waals surface area contributed by atoms with E-state index in [1.54, 1.807) is 6.07 Å². The smallest absolute Gasteiger partial charge is 0.259 e. The third-order valence-electron chi connectivity index (χ3n) is 3.04. The normalized spacial score (nSPS) is 13.1. The SMILES string of the molecule is O=S(CCc1ccccc1)Cc1cccc(C(F)(F)F)c1. The van der Waals surface area contributed by atoms with Gasteiger partial charge >= 0.3 is 6.18 Å². The van der Waals surface area contributed by atoms with Gasteiger partial charge in [-0.25, -0.2) is 0 Å². The Hall–Kier alpha value is -1.62. The van der Waals surface area contributed by atoms with Crippen molar-refractivity contribution < 1.29 is 17.4 Å². The molecule has 0 saturated heterocycles. The van der Waals surface area contributed by atoms with Crippen LogP contribution < -0.4 is 0 Å². The van der Waals surface area contributed by atoms with E-state index in [1.165, 1.54) is 6.07 Å². The lowest BCUT2D eigenvalue weighted by atomic mass is 10.1. The zero-order valence-electron chi connectivity index (χ0n) is 11.3. The fourth-order valence-corrected chi connectivity index (χ4v) is 3.13. The van der Waals surface area contributed by atoms with E-state index in [2.05, 4.69) is 0 Å². The van der Waals surface area contributed by atoms with Crippen LogP contribution in [0.1, 0.15) is 16.7 Å². The van der Waals surface area contributed by atoms with Crippen molar-refractivity contribution in [2.75, 3.05) is 5.75 Å². The summed E-state index contributed by atoms with van der Waals surface area (Å²) in [5.41, 5.74) is 0.839. The molecule has 1 atom stereocenters. The summed E-state index contributed by atoms with van der Waals surface area (Å²) in [5.74, 6) is 0.594. The van der Waals surface area contributed by atoms with E-state index >= 15 is 0 Å². The molecule has 0 aromatic heterocycles. The monoisotopic (exact) mass is 312 g/mol. The van der Waals surface area contributed by atoms with E-state index in [-0.39, 0.29) is 5.75 Å². The van der Waals surface area contributed by atoms with Gasteiger partial charge in [-0.2, -0.15) is 13.2 Å². The molecule has 1 nitrogen and oxygen atoms in total. The summed E-state index contributed by atoms with van der Waals surface area (Å²) in [6, 6.07) is 14.6. The largest absolute Gasteiger partial charge is 0.416 e. The molecule has 2 aromatic carbocycles. The summed E-state index contributed by atoms with van der Waals surface area (Å²) in [4.78, 5) is 0. The Bertz CT molecular complexity index is 608. The van der Waals surface area contributed by atoms with Crippen molar-refractivity contribution in [3.8, 4) is 0 Å². The molecule has 5 heteroatoms. The van der Waals surface area contributed by atoms with Crippen molar-refractivity contribution >= 4 is 10.8 Å². The van der Waals surface area contributed by atoms with Gasteiger partial charge in [0, 0.05) is 22.3 Å². The molecule has 0 aliphatic carbocycles. The molecule has 0 spiro atoms. The lowest BCUT2D eigenvalue weighted by Crippen LogP contribution is -2.07. The quantitative estimate of drug-likeness (QED) is 0.809. The van der Waals surface area contributed by atoms with E-state index < -0.39 is 22.5 Å². The molecular weight excluding hydrogens is 297 g/mol. The van der Waals surface area contributed by atoms with Gasteiger partial charge in [0.15, 0.2) is 0 Å². The fourth-order valence-electron chi connectivity index (χ4n) is 1.97. The molecule has 21 heavy (non-hydrogen) atoms. The maximum atomic E-state index is 12.6. The van der Waals surface area contributed by atoms with Gasteiger partial charge in [-0.1, -0.05) is 48.5 Å². The molecule has 112 valence electrons. The van der Waals surface area contributed by atoms with Crippen LogP contribution in [0.5, 0.6) is 0 Å². The van der Waals surface area contributed by atoms with Crippen LogP contribution in [0.2, 0.25) is 0 Å². The molecule has 0 bridgehead atoms. The maximum absolute atomic E-state index is 12.6. The van der Waals surface area contributed by atoms with Crippen LogP contribution in [0.15, 0.2) is 54.6 Å². The minimum absolute atomic E-state index is 0.150. The molecule has 2 aromatic rings.